The zero-order chi connectivity index (χ0) is 21.7. The molecule has 0 radical (unpaired) electrons. The first kappa shape index (κ1) is 21.4. The minimum absolute atomic E-state index is 0.0511. The lowest BCUT2D eigenvalue weighted by atomic mass is 9.98. The molecule has 7 nitrogen and oxygen atoms in total. The number of carboxylic acids is 1. The van der Waals surface area contributed by atoms with Crippen molar-refractivity contribution in [1.82, 2.24) is 10.6 Å². The number of fused-ring (bicyclic) bond motifs is 3. The number of carbonyl (C=O) groups is 3. The Morgan fingerprint density at radius 1 is 1.00 bits per heavy atom. The predicted octanol–water partition coefficient (Wildman–Crippen LogP) is 3.14. The molecule has 1 unspecified atom stereocenters. The van der Waals surface area contributed by atoms with Crippen molar-refractivity contribution in [3.63, 3.8) is 0 Å². The Balaban J connectivity index is 1.51. The monoisotopic (exact) mass is 410 g/mol. The van der Waals surface area contributed by atoms with Crippen molar-refractivity contribution in [2.24, 2.45) is 5.92 Å². The summed E-state index contributed by atoms with van der Waals surface area (Å²) in [6.07, 6.45) is -0.350. The molecule has 2 amide bonds. The van der Waals surface area contributed by atoms with Gasteiger partial charge in [-0.1, -0.05) is 55.5 Å². The van der Waals surface area contributed by atoms with E-state index in [1.807, 2.05) is 36.4 Å². The fourth-order valence-electron chi connectivity index (χ4n) is 3.57. The first-order valence-corrected chi connectivity index (χ1v) is 10.0. The molecule has 0 heterocycles. The molecule has 0 bridgehead atoms. The van der Waals surface area contributed by atoms with Crippen LogP contribution in [0.4, 0.5) is 4.79 Å². The number of hydrogen-bond acceptors (Lipinski definition) is 4. The van der Waals surface area contributed by atoms with Crippen LogP contribution in [0.5, 0.6) is 0 Å². The van der Waals surface area contributed by atoms with E-state index >= 15 is 0 Å². The molecule has 2 aromatic carbocycles. The first-order chi connectivity index (χ1) is 14.4. The fraction of sp³-hybridized carbons (Fsp3) is 0.348. The Morgan fingerprint density at radius 3 is 2.13 bits per heavy atom. The van der Waals surface area contributed by atoms with Crippen LogP contribution in [0.3, 0.4) is 0 Å². The molecule has 0 spiro atoms. The topological polar surface area (TPSA) is 105 Å². The number of aliphatic carboxylic acids is 1. The average Bonchev–Trinajstić information content (AvgIpc) is 3.05. The molecule has 0 aromatic heterocycles. The zero-order valence-electron chi connectivity index (χ0n) is 17.1. The normalized spacial score (nSPS) is 14.2. The highest BCUT2D eigenvalue weighted by molar-refractivity contribution is 5.85. The van der Waals surface area contributed by atoms with Gasteiger partial charge in [-0.25, -0.2) is 4.79 Å². The molecule has 0 aliphatic heterocycles. The summed E-state index contributed by atoms with van der Waals surface area (Å²) >= 11 is 0. The Morgan fingerprint density at radius 2 is 1.57 bits per heavy atom. The molecular weight excluding hydrogens is 384 g/mol. The number of carboxylic acid groups (broad SMARTS) is 1. The van der Waals surface area contributed by atoms with Crippen LogP contribution in [0.1, 0.15) is 37.3 Å². The van der Waals surface area contributed by atoms with Crippen molar-refractivity contribution < 1.29 is 24.2 Å². The molecule has 1 aliphatic rings. The average molecular weight is 410 g/mol. The molecule has 0 saturated heterocycles. The lowest BCUT2D eigenvalue weighted by Gasteiger charge is -2.17. The summed E-state index contributed by atoms with van der Waals surface area (Å²) in [5.74, 6) is -1.89. The number of ether oxygens (including phenoxy) is 1. The van der Waals surface area contributed by atoms with Crippen LogP contribution in [0.15, 0.2) is 48.5 Å². The highest BCUT2D eigenvalue weighted by Crippen LogP contribution is 2.44. The van der Waals surface area contributed by atoms with E-state index in [0.29, 0.717) is 6.42 Å². The summed E-state index contributed by atoms with van der Waals surface area (Å²) in [5, 5.41) is 14.0. The number of carbonyl (C=O) groups excluding carboxylic acids is 2. The van der Waals surface area contributed by atoms with E-state index in [-0.39, 0.29) is 25.0 Å². The van der Waals surface area contributed by atoms with Crippen LogP contribution in [0, 0.1) is 5.92 Å². The summed E-state index contributed by atoms with van der Waals surface area (Å²) < 4.78 is 5.43. The summed E-state index contributed by atoms with van der Waals surface area (Å²) in [6.45, 7) is 3.53. The van der Waals surface area contributed by atoms with Crippen molar-refractivity contribution >= 4 is 18.0 Å². The van der Waals surface area contributed by atoms with E-state index < -0.39 is 24.0 Å². The molecule has 2 aromatic rings. The molecular formula is C23H26N2O5. The molecule has 0 fully saturated rings. The summed E-state index contributed by atoms with van der Waals surface area (Å²) in [5.41, 5.74) is 4.52. The first-order valence-electron chi connectivity index (χ1n) is 10.0. The van der Waals surface area contributed by atoms with Gasteiger partial charge in [0.05, 0.1) is 5.92 Å². The zero-order valence-corrected chi connectivity index (χ0v) is 17.1. The number of benzene rings is 2. The van der Waals surface area contributed by atoms with Gasteiger partial charge < -0.3 is 20.5 Å². The lowest BCUT2D eigenvalue weighted by molar-refractivity contribution is -0.141. The Labute approximate surface area is 175 Å². The van der Waals surface area contributed by atoms with Gasteiger partial charge in [-0.15, -0.1) is 0 Å². The highest BCUT2D eigenvalue weighted by Gasteiger charge is 2.29. The maximum absolute atomic E-state index is 12.2. The van der Waals surface area contributed by atoms with Crippen molar-refractivity contribution in [2.75, 3.05) is 13.2 Å². The third-order valence-electron chi connectivity index (χ3n) is 5.37. The molecule has 158 valence electrons. The third kappa shape index (κ3) is 4.79. The van der Waals surface area contributed by atoms with Gasteiger partial charge in [-0.2, -0.15) is 0 Å². The Kier molecular flexibility index (Phi) is 6.72. The molecule has 30 heavy (non-hydrogen) atoms. The quantitative estimate of drug-likeness (QED) is 0.620. The lowest BCUT2D eigenvalue weighted by Crippen LogP contribution is -2.45. The smallest absolute Gasteiger partial charge is 0.407 e. The van der Waals surface area contributed by atoms with E-state index in [9.17, 15) is 14.4 Å². The van der Waals surface area contributed by atoms with Crippen molar-refractivity contribution in [3.8, 4) is 11.1 Å². The van der Waals surface area contributed by atoms with Gasteiger partial charge in [0, 0.05) is 12.5 Å². The van der Waals surface area contributed by atoms with Crippen molar-refractivity contribution in [1.29, 1.82) is 0 Å². The molecule has 2 atom stereocenters. The van der Waals surface area contributed by atoms with Gasteiger partial charge in [-0.05, 0) is 35.6 Å². The van der Waals surface area contributed by atoms with Crippen molar-refractivity contribution in [2.45, 2.75) is 32.2 Å². The van der Waals surface area contributed by atoms with E-state index in [1.165, 1.54) is 0 Å². The van der Waals surface area contributed by atoms with Crippen molar-refractivity contribution in [3.05, 3.63) is 59.7 Å². The molecule has 3 rings (SSSR count). The molecule has 3 N–H and O–H groups in total. The number of alkyl carbamates (subject to hydrolysis) is 1. The maximum atomic E-state index is 12.2. The highest BCUT2D eigenvalue weighted by atomic mass is 16.5. The molecule has 0 saturated carbocycles. The van der Waals surface area contributed by atoms with Crippen LogP contribution in [-0.4, -0.2) is 42.3 Å². The largest absolute Gasteiger partial charge is 0.481 e. The van der Waals surface area contributed by atoms with Gasteiger partial charge in [0.1, 0.15) is 12.6 Å². The Bertz CT molecular complexity index is 897. The van der Waals surface area contributed by atoms with Gasteiger partial charge in [-0.3, -0.25) is 9.59 Å². The van der Waals surface area contributed by atoms with E-state index in [1.54, 1.807) is 13.8 Å². The van der Waals surface area contributed by atoms with E-state index in [4.69, 9.17) is 9.84 Å². The van der Waals surface area contributed by atoms with Gasteiger partial charge in [0.2, 0.25) is 5.91 Å². The molecule has 7 heteroatoms. The minimum atomic E-state index is -0.908. The van der Waals surface area contributed by atoms with E-state index in [2.05, 4.69) is 22.8 Å². The van der Waals surface area contributed by atoms with Gasteiger partial charge in [0.15, 0.2) is 0 Å². The number of nitrogens with one attached hydrogen (secondary N) is 2. The summed E-state index contributed by atoms with van der Waals surface area (Å²) in [6, 6.07) is 15.3. The predicted molar refractivity (Wildman–Crippen MR) is 112 cm³/mol. The fourth-order valence-corrected chi connectivity index (χ4v) is 3.57. The maximum Gasteiger partial charge on any atom is 0.407 e. The van der Waals surface area contributed by atoms with Crippen LogP contribution < -0.4 is 10.6 Å². The van der Waals surface area contributed by atoms with Crippen LogP contribution in [-0.2, 0) is 14.3 Å². The number of rotatable bonds is 8. The second-order valence-corrected chi connectivity index (χ2v) is 7.51. The second kappa shape index (κ2) is 9.43. The van der Waals surface area contributed by atoms with E-state index in [0.717, 1.165) is 22.3 Å². The number of amides is 2. The number of hydrogen-bond donors (Lipinski definition) is 3. The molecule has 1 aliphatic carbocycles. The summed E-state index contributed by atoms with van der Waals surface area (Å²) in [7, 11) is 0. The van der Waals surface area contributed by atoms with Crippen LogP contribution >= 0.6 is 0 Å². The van der Waals surface area contributed by atoms with Crippen LogP contribution in [0.25, 0.3) is 11.1 Å². The third-order valence-corrected chi connectivity index (χ3v) is 5.37. The Hall–Kier alpha value is -3.35. The SMILES string of the molecule is CC(CCNC(=O)[C@@H](C)NC(=O)OCC1c2ccccc2-c2ccccc21)C(=O)O. The standard InChI is InChI=1S/C23H26N2O5/c1-14(22(27)28)11-12-24-21(26)15(2)25-23(29)30-13-20-18-9-5-3-7-16(18)17-8-4-6-10-19(17)20/h3-10,14-15,20H,11-13H2,1-2H3,(H,24,26)(H,25,29)(H,27,28)/t14?,15-/m1/s1. The van der Waals surface area contributed by atoms with Gasteiger partial charge >= 0.3 is 12.1 Å². The second-order valence-electron chi connectivity index (χ2n) is 7.51. The minimum Gasteiger partial charge on any atom is -0.481 e. The van der Waals surface area contributed by atoms with Crippen LogP contribution in [0.2, 0.25) is 0 Å². The van der Waals surface area contributed by atoms with Gasteiger partial charge in [0.25, 0.3) is 0 Å². The summed E-state index contributed by atoms with van der Waals surface area (Å²) in [4.78, 5) is 35.1.